The Kier molecular flexibility index (Phi) is 3.55. The Bertz CT molecular complexity index is 473. The number of anilines is 1. The number of nitrogens with two attached hydrogens (primary N) is 1. The lowest BCUT2D eigenvalue weighted by Crippen LogP contribution is -1.99. The molecule has 2 rings (SSSR count). The predicted molar refractivity (Wildman–Crippen MR) is 69.9 cm³/mol. The van der Waals surface area contributed by atoms with Crippen LogP contribution in [0.1, 0.15) is 5.56 Å². The van der Waals surface area contributed by atoms with Gasteiger partial charge in [-0.25, -0.2) is 9.97 Å². The fourth-order valence-corrected chi connectivity index (χ4v) is 1.63. The second-order valence-corrected chi connectivity index (χ2v) is 4.37. The molecule has 0 fully saturated rings. The first kappa shape index (κ1) is 11.1. The summed E-state index contributed by atoms with van der Waals surface area (Å²) in [5.74, 6) is 0.604. The summed E-state index contributed by atoms with van der Waals surface area (Å²) >= 11 is 2.14. The molecule has 0 aliphatic heterocycles. The molecular weight excluding hydrogens is 317 g/mol. The van der Waals surface area contributed by atoms with Crippen molar-refractivity contribution in [3.8, 4) is 5.88 Å². The van der Waals surface area contributed by atoms with Gasteiger partial charge in [0.15, 0.2) is 0 Å². The Balaban J connectivity index is 2.02. The van der Waals surface area contributed by atoms with Gasteiger partial charge in [0, 0.05) is 11.9 Å². The molecule has 0 spiro atoms. The average molecular weight is 327 g/mol. The van der Waals surface area contributed by atoms with Crippen LogP contribution >= 0.6 is 22.6 Å². The van der Waals surface area contributed by atoms with E-state index in [4.69, 9.17) is 10.5 Å². The number of nitrogens with zero attached hydrogens (tertiary/aromatic N) is 2. The van der Waals surface area contributed by atoms with Gasteiger partial charge in [0.2, 0.25) is 5.88 Å². The molecule has 2 N–H and O–H groups in total. The zero-order valence-corrected chi connectivity index (χ0v) is 10.6. The molecule has 5 heteroatoms. The minimum atomic E-state index is 0.479. The Hall–Kier alpha value is -1.37. The van der Waals surface area contributed by atoms with Crippen molar-refractivity contribution in [1.29, 1.82) is 0 Å². The zero-order chi connectivity index (χ0) is 11.4. The Morgan fingerprint density at radius 3 is 2.69 bits per heavy atom. The molecule has 0 aliphatic carbocycles. The summed E-state index contributed by atoms with van der Waals surface area (Å²) in [6.07, 6.45) is 3.19. The van der Waals surface area contributed by atoms with Crippen LogP contribution in [0.5, 0.6) is 5.88 Å². The van der Waals surface area contributed by atoms with E-state index in [-0.39, 0.29) is 0 Å². The molecule has 0 radical (unpaired) electrons. The van der Waals surface area contributed by atoms with Crippen LogP contribution in [0.3, 0.4) is 0 Å². The summed E-state index contributed by atoms with van der Waals surface area (Å²) in [6, 6.07) is 7.57. The number of benzene rings is 1. The third-order valence-corrected chi connectivity index (χ3v) is 2.73. The van der Waals surface area contributed by atoms with E-state index in [1.54, 1.807) is 6.20 Å². The molecular formula is C11H10IN3O. The van der Waals surface area contributed by atoms with E-state index in [1.165, 1.54) is 6.33 Å². The molecule has 0 saturated heterocycles. The van der Waals surface area contributed by atoms with Crippen molar-refractivity contribution in [1.82, 2.24) is 9.97 Å². The Morgan fingerprint density at radius 2 is 2.00 bits per heavy atom. The van der Waals surface area contributed by atoms with Crippen molar-refractivity contribution >= 4 is 28.3 Å². The molecule has 1 aromatic heterocycles. The molecule has 1 aromatic carbocycles. The van der Waals surface area contributed by atoms with Crippen LogP contribution in [0.25, 0.3) is 0 Å². The van der Waals surface area contributed by atoms with E-state index >= 15 is 0 Å². The maximum Gasteiger partial charge on any atom is 0.230 e. The van der Waals surface area contributed by atoms with E-state index < -0.39 is 0 Å². The van der Waals surface area contributed by atoms with E-state index in [1.807, 2.05) is 24.3 Å². The highest BCUT2D eigenvalue weighted by Crippen LogP contribution is 2.16. The molecule has 0 aliphatic rings. The highest BCUT2D eigenvalue weighted by Gasteiger charge is 2.01. The summed E-state index contributed by atoms with van der Waals surface area (Å²) in [6.45, 7) is 0.479. The lowest BCUT2D eigenvalue weighted by molar-refractivity contribution is 0.291. The molecule has 0 bridgehead atoms. The second kappa shape index (κ2) is 5.11. The minimum Gasteiger partial charge on any atom is -0.472 e. The number of aromatic nitrogens is 2. The van der Waals surface area contributed by atoms with E-state index in [2.05, 4.69) is 32.6 Å². The van der Waals surface area contributed by atoms with Gasteiger partial charge in [-0.05, 0) is 40.3 Å². The molecule has 0 unspecified atom stereocenters. The predicted octanol–water partition coefficient (Wildman–Crippen LogP) is 2.24. The third-order valence-electron chi connectivity index (χ3n) is 1.99. The molecule has 0 saturated carbocycles. The quantitative estimate of drug-likeness (QED) is 0.694. The standard InChI is InChI=1S/C11H10IN3O/c12-10-5-14-7-15-11(10)16-6-8-1-3-9(13)4-2-8/h1-5,7H,6,13H2. The normalized spacial score (nSPS) is 10.1. The summed E-state index contributed by atoms with van der Waals surface area (Å²) in [5.41, 5.74) is 7.40. The molecule has 16 heavy (non-hydrogen) atoms. The van der Waals surface area contributed by atoms with Crippen LogP contribution < -0.4 is 10.5 Å². The first-order chi connectivity index (χ1) is 7.75. The first-order valence-corrected chi connectivity index (χ1v) is 5.76. The van der Waals surface area contributed by atoms with Crippen LogP contribution in [0.2, 0.25) is 0 Å². The van der Waals surface area contributed by atoms with Crippen molar-refractivity contribution in [2.24, 2.45) is 0 Å². The zero-order valence-electron chi connectivity index (χ0n) is 8.43. The average Bonchev–Trinajstić information content (AvgIpc) is 2.30. The van der Waals surface area contributed by atoms with Crippen LogP contribution in [0.4, 0.5) is 5.69 Å². The molecule has 1 heterocycles. The SMILES string of the molecule is Nc1ccc(COc2ncncc2I)cc1. The van der Waals surface area contributed by atoms with E-state index in [0.717, 1.165) is 14.8 Å². The van der Waals surface area contributed by atoms with Gasteiger partial charge >= 0.3 is 0 Å². The smallest absolute Gasteiger partial charge is 0.230 e. The highest BCUT2D eigenvalue weighted by atomic mass is 127. The van der Waals surface area contributed by atoms with E-state index in [0.29, 0.717) is 12.5 Å². The van der Waals surface area contributed by atoms with Crippen molar-refractivity contribution in [3.63, 3.8) is 0 Å². The summed E-state index contributed by atoms with van der Waals surface area (Å²) in [7, 11) is 0. The maximum absolute atomic E-state index is 5.60. The van der Waals surface area contributed by atoms with Crippen LogP contribution in [0.15, 0.2) is 36.8 Å². The molecule has 2 aromatic rings. The van der Waals surface area contributed by atoms with Gasteiger partial charge in [-0.1, -0.05) is 12.1 Å². The Morgan fingerprint density at radius 1 is 1.25 bits per heavy atom. The lowest BCUT2D eigenvalue weighted by atomic mass is 10.2. The van der Waals surface area contributed by atoms with Crippen molar-refractivity contribution in [2.75, 3.05) is 5.73 Å². The Labute approximate surface area is 107 Å². The van der Waals surface area contributed by atoms with Crippen LogP contribution in [-0.4, -0.2) is 9.97 Å². The number of nitrogen functional groups attached to an aromatic ring is 1. The molecule has 0 amide bonds. The topological polar surface area (TPSA) is 61.0 Å². The fraction of sp³-hybridized carbons (Fsp3) is 0.0909. The van der Waals surface area contributed by atoms with Gasteiger partial charge in [-0.3, -0.25) is 0 Å². The molecule has 82 valence electrons. The maximum atomic E-state index is 5.60. The monoisotopic (exact) mass is 327 g/mol. The van der Waals surface area contributed by atoms with Crippen molar-refractivity contribution in [3.05, 3.63) is 45.9 Å². The van der Waals surface area contributed by atoms with Gasteiger partial charge in [-0.2, -0.15) is 0 Å². The number of hydrogen-bond acceptors (Lipinski definition) is 4. The number of hydrogen-bond donors (Lipinski definition) is 1. The van der Waals surface area contributed by atoms with Crippen LogP contribution in [-0.2, 0) is 6.61 Å². The number of rotatable bonds is 3. The highest BCUT2D eigenvalue weighted by molar-refractivity contribution is 14.1. The van der Waals surface area contributed by atoms with Gasteiger partial charge < -0.3 is 10.5 Å². The van der Waals surface area contributed by atoms with Gasteiger partial charge in [0.1, 0.15) is 12.9 Å². The van der Waals surface area contributed by atoms with Gasteiger partial charge in [0.05, 0.1) is 3.57 Å². The first-order valence-electron chi connectivity index (χ1n) is 4.68. The fourth-order valence-electron chi connectivity index (χ4n) is 1.17. The second-order valence-electron chi connectivity index (χ2n) is 3.21. The van der Waals surface area contributed by atoms with Gasteiger partial charge in [0.25, 0.3) is 0 Å². The summed E-state index contributed by atoms with van der Waals surface area (Å²) in [4.78, 5) is 7.94. The van der Waals surface area contributed by atoms with Crippen LogP contribution in [0, 0.1) is 3.57 Å². The molecule has 0 atom stereocenters. The largest absolute Gasteiger partial charge is 0.472 e. The minimum absolute atomic E-state index is 0.479. The van der Waals surface area contributed by atoms with E-state index in [9.17, 15) is 0 Å². The van der Waals surface area contributed by atoms with Crippen molar-refractivity contribution in [2.45, 2.75) is 6.61 Å². The van der Waals surface area contributed by atoms with Crippen molar-refractivity contribution < 1.29 is 4.74 Å². The summed E-state index contributed by atoms with van der Waals surface area (Å²) < 4.78 is 6.46. The number of ether oxygens (including phenoxy) is 1. The lowest BCUT2D eigenvalue weighted by Gasteiger charge is -2.06. The third kappa shape index (κ3) is 2.82. The molecule has 4 nitrogen and oxygen atoms in total. The summed E-state index contributed by atoms with van der Waals surface area (Å²) in [5, 5.41) is 0. The number of halogens is 1. The van der Waals surface area contributed by atoms with Gasteiger partial charge in [-0.15, -0.1) is 0 Å².